The molecule has 7 heteroatoms. The molecule has 0 aromatic heterocycles. The maximum Gasteiger partial charge on any atom is 0.334 e. The van der Waals surface area contributed by atoms with Crippen molar-refractivity contribution in [2.75, 3.05) is 13.1 Å². The van der Waals surface area contributed by atoms with Crippen LogP contribution in [0.2, 0.25) is 5.02 Å². The molecular formula is C17H21ClN2O4. The number of nitrogens with zero attached hydrogens (tertiary/aromatic N) is 1. The highest BCUT2D eigenvalue weighted by atomic mass is 35.5. The Morgan fingerprint density at radius 3 is 2.42 bits per heavy atom. The van der Waals surface area contributed by atoms with Crippen LogP contribution in [0.4, 0.5) is 0 Å². The van der Waals surface area contributed by atoms with E-state index in [0.717, 1.165) is 0 Å². The molecule has 2 N–H and O–H groups in total. The van der Waals surface area contributed by atoms with Gasteiger partial charge in [0.1, 0.15) is 0 Å². The number of hydrogen-bond donors (Lipinski definition) is 2. The highest BCUT2D eigenvalue weighted by molar-refractivity contribution is 6.30. The Morgan fingerprint density at radius 1 is 1.33 bits per heavy atom. The van der Waals surface area contributed by atoms with Crippen molar-refractivity contribution in [3.05, 3.63) is 34.9 Å². The van der Waals surface area contributed by atoms with E-state index in [9.17, 15) is 19.5 Å². The van der Waals surface area contributed by atoms with E-state index in [1.165, 1.54) is 0 Å². The zero-order valence-corrected chi connectivity index (χ0v) is 14.5. The van der Waals surface area contributed by atoms with E-state index >= 15 is 0 Å². The second-order valence-corrected chi connectivity index (χ2v) is 6.33. The van der Waals surface area contributed by atoms with Crippen molar-refractivity contribution in [3.63, 3.8) is 0 Å². The quantitative estimate of drug-likeness (QED) is 0.820. The van der Waals surface area contributed by atoms with Gasteiger partial charge in [0.25, 0.3) is 0 Å². The number of carboxylic acids is 1. The molecule has 0 radical (unpaired) electrons. The topological polar surface area (TPSA) is 86.7 Å². The summed E-state index contributed by atoms with van der Waals surface area (Å²) >= 11 is 5.86. The second kappa shape index (κ2) is 7.21. The molecule has 2 atom stereocenters. The van der Waals surface area contributed by atoms with Crippen molar-refractivity contribution in [2.45, 2.75) is 32.2 Å². The number of aliphatic carboxylic acids is 1. The van der Waals surface area contributed by atoms with E-state index in [2.05, 4.69) is 5.32 Å². The van der Waals surface area contributed by atoms with Crippen LogP contribution in [0.15, 0.2) is 24.3 Å². The molecule has 1 saturated heterocycles. The maximum atomic E-state index is 12.6. The molecule has 1 aromatic rings. The summed E-state index contributed by atoms with van der Waals surface area (Å²) in [6.07, 6.45) is 0.285. The number of carbonyl (C=O) groups is 3. The van der Waals surface area contributed by atoms with Gasteiger partial charge in [-0.1, -0.05) is 30.7 Å². The van der Waals surface area contributed by atoms with Gasteiger partial charge in [-0.2, -0.15) is 0 Å². The summed E-state index contributed by atoms with van der Waals surface area (Å²) in [4.78, 5) is 37.9. The van der Waals surface area contributed by atoms with Crippen LogP contribution in [0.1, 0.15) is 32.3 Å². The van der Waals surface area contributed by atoms with Gasteiger partial charge in [0.2, 0.25) is 11.8 Å². The Labute approximate surface area is 145 Å². The van der Waals surface area contributed by atoms with Crippen molar-refractivity contribution in [2.24, 2.45) is 5.92 Å². The van der Waals surface area contributed by atoms with Gasteiger partial charge in [0.05, 0.1) is 5.92 Å². The molecule has 1 heterocycles. The molecule has 1 aliphatic heterocycles. The van der Waals surface area contributed by atoms with Crippen molar-refractivity contribution < 1.29 is 19.5 Å². The van der Waals surface area contributed by atoms with E-state index in [0.29, 0.717) is 23.7 Å². The second-order valence-electron chi connectivity index (χ2n) is 5.89. The number of benzene rings is 1. The van der Waals surface area contributed by atoms with Crippen LogP contribution in [0.25, 0.3) is 0 Å². The van der Waals surface area contributed by atoms with Crippen LogP contribution in [-0.2, 0) is 19.9 Å². The molecule has 0 aliphatic carbocycles. The molecule has 1 aromatic carbocycles. The van der Waals surface area contributed by atoms with Gasteiger partial charge in [-0.3, -0.25) is 9.59 Å². The third kappa shape index (κ3) is 3.38. The van der Waals surface area contributed by atoms with Gasteiger partial charge >= 0.3 is 5.97 Å². The number of hydrogen-bond acceptors (Lipinski definition) is 3. The first kappa shape index (κ1) is 18.3. The Morgan fingerprint density at radius 2 is 1.96 bits per heavy atom. The van der Waals surface area contributed by atoms with Crippen LogP contribution in [0.5, 0.6) is 0 Å². The molecule has 1 aliphatic rings. The number of amides is 2. The predicted octanol–water partition coefficient (Wildman–Crippen LogP) is 2.01. The number of halogens is 1. The van der Waals surface area contributed by atoms with Gasteiger partial charge in [0.15, 0.2) is 5.54 Å². The lowest BCUT2D eigenvalue weighted by Gasteiger charge is -2.31. The van der Waals surface area contributed by atoms with Gasteiger partial charge in [0, 0.05) is 24.5 Å². The smallest absolute Gasteiger partial charge is 0.334 e. The fourth-order valence-electron chi connectivity index (χ4n) is 2.99. The lowest BCUT2D eigenvalue weighted by atomic mass is 9.86. The van der Waals surface area contributed by atoms with Gasteiger partial charge in [-0.15, -0.1) is 0 Å². The van der Waals surface area contributed by atoms with Gasteiger partial charge < -0.3 is 15.3 Å². The number of carboxylic acid groups (broad SMARTS) is 1. The summed E-state index contributed by atoms with van der Waals surface area (Å²) < 4.78 is 0. The first-order valence-electron chi connectivity index (χ1n) is 7.93. The van der Waals surface area contributed by atoms with Crippen molar-refractivity contribution >= 4 is 29.4 Å². The minimum Gasteiger partial charge on any atom is -0.479 e. The Bertz CT molecular complexity index is 646. The molecule has 1 fully saturated rings. The average Bonchev–Trinajstić information content (AvgIpc) is 2.94. The zero-order valence-electron chi connectivity index (χ0n) is 13.7. The fourth-order valence-corrected chi connectivity index (χ4v) is 3.12. The molecule has 2 rings (SSSR count). The number of carbonyl (C=O) groups excluding carboxylic acids is 2. The lowest BCUT2D eigenvalue weighted by Crippen LogP contribution is -2.53. The van der Waals surface area contributed by atoms with Gasteiger partial charge in [-0.25, -0.2) is 4.79 Å². The van der Waals surface area contributed by atoms with E-state index in [-0.39, 0.29) is 18.7 Å². The van der Waals surface area contributed by atoms with Crippen molar-refractivity contribution in [1.29, 1.82) is 0 Å². The monoisotopic (exact) mass is 352 g/mol. The molecule has 6 nitrogen and oxygen atoms in total. The molecule has 2 amide bonds. The Kier molecular flexibility index (Phi) is 5.49. The minimum atomic E-state index is -1.54. The molecule has 0 saturated carbocycles. The molecule has 0 spiro atoms. The first-order chi connectivity index (χ1) is 11.3. The summed E-state index contributed by atoms with van der Waals surface area (Å²) in [5, 5.41) is 12.9. The largest absolute Gasteiger partial charge is 0.479 e. The van der Waals surface area contributed by atoms with E-state index in [4.69, 9.17) is 11.6 Å². The Balaban J connectivity index is 2.26. The average molecular weight is 353 g/mol. The standard InChI is InChI=1S/C17H21ClN2O4/c1-3-17(16(23)24,12-5-7-13(18)8-6-12)19-15(22)11-9-14(21)20(4-2)10-11/h5-8,11H,3-4,9-10H2,1-2H3,(H,19,22)(H,23,24). The van der Waals surface area contributed by atoms with Crippen LogP contribution >= 0.6 is 11.6 Å². The summed E-state index contributed by atoms with van der Waals surface area (Å²) in [6.45, 7) is 4.40. The van der Waals surface area contributed by atoms with E-state index < -0.39 is 23.3 Å². The Hall–Kier alpha value is -2.08. The third-order valence-electron chi connectivity index (χ3n) is 4.54. The maximum absolute atomic E-state index is 12.6. The number of rotatable bonds is 6. The minimum absolute atomic E-state index is 0.0819. The van der Waals surface area contributed by atoms with Crippen LogP contribution in [0, 0.1) is 5.92 Å². The zero-order chi connectivity index (χ0) is 17.9. The first-order valence-corrected chi connectivity index (χ1v) is 8.31. The molecule has 0 bridgehead atoms. The summed E-state index contributed by atoms with van der Waals surface area (Å²) in [6, 6.07) is 6.37. The van der Waals surface area contributed by atoms with Crippen LogP contribution in [0.3, 0.4) is 0 Å². The number of likely N-dealkylation sites (tertiary alicyclic amines) is 1. The molecule has 24 heavy (non-hydrogen) atoms. The highest BCUT2D eigenvalue weighted by Crippen LogP contribution is 2.28. The fraction of sp³-hybridized carbons (Fsp3) is 0.471. The highest BCUT2D eigenvalue weighted by Gasteiger charge is 2.43. The summed E-state index contributed by atoms with van der Waals surface area (Å²) in [5.41, 5.74) is -1.09. The van der Waals surface area contributed by atoms with Crippen LogP contribution in [-0.4, -0.2) is 40.9 Å². The van der Waals surface area contributed by atoms with Crippen molar-refractivity contribution in [1.82, 2.24) is 10.2 Å². The summed E-state index contributed by atoms with van der Waals surface area (Å²) in [5.74, 6) is -2.17. The van der Waals surface area contributed by atoms with Crippen LogP contribution < -0.4 is 5.32 Å². The predicted molar refractivity (Wildman–Crippen MR) is 89.6 cm³/mol. The van der Waals surface area contributed by atoms with E-state index in [1.807, 2.05) is 6.92 Å². The lowest BCUT2D eigenvalue weighted by molar-refractivity contribution is -0.149. The van der Waals surface area contributed by atoms with E-state index in [1.54, 1.807) is 36.1 Å². The normalized spacial score (nSPS) is 19.9. The molecule has 130 valence electrons. The molecular weight excluding hydrogens is 332 g/mol. The molecule has 2 unspecified atom stereocenters. The summed E-state index contributed by atoms with van der Waals surface area (Å²) in [7, 11) is 0. The SMILES string of the molecule is CCN1CC(C(=O)NC(CC)(C(=O)O)c2ccc(Cl)cc2)CC1=O. The van der Waals surface area contributed by atoms with Crippen molar-refractivity contribution in [3.8, 4) is 0 Å². The van der Waals surface area contributed by atoms with Gasteiger partial charge in [-0.05, 0) is 31.0 Å². The number of nitrogens with one attached hydrogen (secondary N) is 1. The third-order valence-corrected chi connectivity index (χ3v) is 4.79.